The Morgan fingerprint density at radius 3 is 2.64 bits per heavy atom. The second-order valence-electron chi connectivity index (χ2n) is 4.22. The van der Waals surface area contributed by atoms with Crippen LogP contribution < -0.4 is 10.2 Å². The van der Waals surface area contributed by atoms with Gasteiger partial charge in [0.25, 0.3) is 5.69 Å². The first-order chi connectivity index (χ1) is 10.5. The van der Waals surface area contributed by atoms with Crippen LogP contribution in [0.2, 0.25) is 5.02 Å². The number of non-ortho nitro benzene ring substituents is 1. The van der Waals surface area contributed by atoms with Crippen LogP contribution in [0.1, 0.15) is 5.56 Å². The minimum atomic E-state index is -0.483. The van der Waals surface area contributed by atoms with Crippen molar-refractivity contribution in [2.24, 2.45) is 5.10 Å². The Morgan fingerprint density at radius 2 is 2.05 bits per heavy atom. The van der Waals surface area contributed by atoms with Crippen molar-refractivity contribution in [2.75, 3.05) is 12.5 Å². The number of hydrogen-bond donors (Lipinski definition) is 2. The summed E-state index contributed by atoms with van der Waals surface area (Å²) >= 11 is 5.91. The maximum Gasteiger partial charge on any atom is 0.269 e. The molecule has 0 aliphatic rings. The van der Waals surface area contributed by atoms with Crippen LogP contribution in [0.3, 0.4) is 0 Å². The highest BCUT2D eigenvalue weighted by Crippen LogP contribution is 2.32. The van der Waals surface area contributed by atoms with E-state index in [0.717, 1.165) is 0 Å². The van der Waals surface area contributed by atoms with Crippen molar-refractivity contribution in [3.05, 3.63) is 57.1 Å². The van der Waals surface area contributed by atoms with Gasteiger partial charge in [0, 0.05) is 28.8 Å². The number of ether oxygens (including phenoxy) is 1. The molecule has 0 fully saturated rings. The van der Waals surface area contributed by atoms with Crippen molar-refractivity contribution in [3.63, 3.8) is 0 Å². The van der Waals surface area contributed by atoms with Gasteiger partial charge in [0.1, 0.15) is 0 Å². The normalized spacial score (nSPS) is 10.6. The fraction of sp³-hybridized carbons (Fsp3) is 0.0714. The lowest BCUT2D eigenvalue weighted by Crippen LogP contribution is -1.93. The van der Waals surface area contributed by atoms with Gasteiger partial charge in [-0.05, 0) is 18.2 Å². The Hall–Kier alpha value is -2.80. The van der Waals surface area contributed by atoms with Gasteiger partial charge in [0.2, 0.25) is 0 Å². The van der Waals surface area contributed by atoms with Gasteiger partial charge in [0.15, 0.2) is 11.5 Å². The van der Waals surface area contributed by atoms with Crippen molar-refractivity contribution in [1.82, 2.24) is 0 Å². The van der Waals surface area contributed by atoms with Crippen LogP contribution in [0.4, 0.5) is 11.4 Å². The van der Waals surface area contributed by atoms with Crippen LogP contribution in [0.25, 0.3) is 0 Å². The number of benzene rings is 2. The molecule has 0 saturated carbocycles. The number of nitro groups is 1. The minimum absolute atomic E-state index is 0.00764. The first-order valence-corrected chi connectivity index (χ1v) is 6.49. The number of phenols is 1. The molecule has 2 N–H and O–H groups in total. The van der Waals surface area contributed by atoms with Gasteiger partial charge in [-0.15, -0.1) is 0 Å². The molecule has 0 heterocycles. The Labute approximate surface area is 130 Å². The highest BCUT2D eigenvalue weighted by Gasteiger charge is 2.08. The summed E-state index contributed by atoms with van der Waals surface area (Å²) in [5.74, 6) is 0.158. The van der Waals surface area contributed by atoms with E-state index in [1.54, 1.807) is 0 Å². The quantitative estimate of drug-likeness (QED) is 0.499. The molecular weight excluding hydrogens is 310 g/mol. The molecule has 0 spiro atoms. The average molecular weight is 322 g/mol. The van der Waals surface area contributed by atoms with E-state index < -0.39 is 4.92 Å². The van der Waals surface area contributed by atoms with Crippen LogP contribution in [0.15, 0.2) is 41.5 Å². The number of hydrazone groups is 1. The van der Waals surface area contributed by atoms with Crippen molar-refractivity contribution in [2.45, 2.75) is 0 Å². The fourth-order valence-electron chi connectivity index (χ4n) is 1.68. The van der Waals surface area contributed by atoms with Gasteiger partial charge in [-0.3, -0.25) is 15.5 Å². The van der Waals surface area contributed by atoms with Crippen molar-refractivity contribution in [3.8, 4) is 11.5 Å². The SMILES string of the molecule is COc1cc(Cl)cc(/C=N\Nc2ccc([N+](=O)[O-])cc2)c1O. The van der Waals surface area contributed by atoms with Crippen LogP contribution >= 0.6 is 11.6 Å². The maximum atomic E-state index is 10.5. The number of methoxy groups -OCH3 is 1. The topological polar surface area (TPSA) is 97.0 Å². The van der Waals surface area contributed by atoms with Gasteiger partial charge in [-0.25, -0.2) is 0 Å². The molecular formula is C14H12ClN3O4. The standard InChI is InChI=1S/C14H12ClN3O4/c1-22-13-7-10(15)6-9(14(13)19)8-16-17-11-2-4-12(5-3-11)18(20)21/h2-8,17,19H,1H3/b16-8-. The number of nitrogens with one attached hydrogen (secondary N) is 1. The molecule has 2 aromatic rings. The fourth-order valence-corrected chi connectivity index (χ4v) is 1.90. The summed E-state index contributed by atoms with van der Waals surface area (Å²) in [6.45, 7) is 0. The lowest BCUT2D eigenvalue weighted by molar-refractivity contribution is -0.384. The van der Waals surface area contributed by atoms with E-state index >= 15 is 0 Å². The summed E-state index contributed by atoms with van der Waals surface area (Å²) in [7, 11) is 1.42. The van der Waals surface area contributed by atoms with E-state index in [9.17, 15) is 15.2 Å². The van der Waals surface area contributed by atoms with Crippen molar-refractivity contribution in [1.29, 1.82) is 0 Å². The summed E-state index contributed by atoms with van der Waals surface area (Å²) in [5.41, 5.74) is 3.63. The molecule has 114 valence electrons. The first-order valence-electron chi connectivity index (χ1n) is 6.11. The lowest BCUT2D eigenvalue weighted by atomic mass is 10.2. The summed E-state index contributed by atoms with van der Waals surface area (Å²) in [5, 5.41) is 24.8. The molecule has 0 aromatic heterocycles. The number of anilines is 1. The Bertz CT molecular complexity index is 717. The summed E-state index contributed by atoms with van der Waals surface area (Å²) in [6, 6.07) is 8.77. The maximum absolute atomic E-state index is 10.5. The number of phenolic OH excluding ortho intramolecular Hbond substituents is 1. The van der Waals surface area contributed by atoms with Crippen LogP contribution in [0, 0.1) is 10.1 Å². The number of nitro benzene ring substituents is 1. The number of aromatic hydroxyl groups is 1. The van der Waals surface area contributed by atoms with Crippen molar-refractivity contribution >= 4 is 29.2 Å². The molecule has 0 atom stereocenters. The zero-order valence-corrected chi connectivity index (χ0v) is 12.2. The van der Waals surface area contributed by atoms with Crippen LogP contribution in [0.5, 0.6) is 11.5 Å². The zero-order valence-electron chi connectivity index (χ0n) is 11.5. The lowest BCUT2D eigenvalue weighted by Gasteiger charge is -2.06. The number of hydrogen-bond acceptors (Lipinski definition) is 6. The average Bonchev–Trinajstić information content (AvgIpc) is 2.50. The predicted octanol–water partition coefficient (Wildman–Crippen LogP) is 3.41. The predicted molar refractivity (Wildman–Crippen MR) is 84.0 cm³/mol. The summed E-state index contributed by atoms with van der Waals surface area (Å²) in [4.78, 5) is 10.1. The third-order valence-electron chi connectivity index (χ3n) is 2.76. The molecule has 2 aromatic carbocycles. The number of halogens is 1. The zero-order chi connectivity index (χ0) is 16.1. The van der Waals surface area contributed by atoms with Crippen LogP contribution in [-0.2, 0) is 0 Å². The summed E-state index contributed by atoms with van der Waals surface area (Å²) in [6.07, 6.45) is 1.37. The van der Waals surface area contributed by atoms with E-state index in [2.05, 4.69) is 10.5 Å². The molecule has 0 unspecified atom stereocenters. The molecule has 0 amide bonds. The van der Waals surface area contributed by atoms with Gasteiger partial charge in [-0.1, -0.05) is 11.6 Å². The molecule has 22 heavy (non-hydrogen) atoms. The highest BCUT2D eigenvalue weighted by molar-refractivity contribution is 6.31. The molecule has 0 saturated heterocycles. The van der Waals surface area contributed by atoms with Gasteiger partial charge >= 0.3 is 0 Å². The second-order valence-corrected chi connectivity index (χ2v) is 4.66. The monoisotopic (exact) mass is 321 g/mol. The van der Waals surface area contributed by atoms with Crippen LogP contribution in [-0.4, -0.2) is 23.4 Å². The van der Waals surface area contributed by atoms with E-state index in [1.807, 2.05) is 0 Å². The van der Waals surface area contributed by atoms with Gasteiger partial charge in [0.05, 0.1) is 23.9 Å². The summed E-state index contributed by atoms with van der Waals surface area (Å²) < 4.78 is 4.99. The molecule has 0 radical (unpaired) electrons. The minimum Gasteiger partial charge on any atom is -0.504 e. The number of rotatable bonds is 5. The molecule has 0 aliphatic carbocycles. The number of nitrogens with zero attached hydrogens (tertiary/aromatic N) is 2. The van der Waals surface area contributed by atoms with E-state index in [-0.39, 0.29) is 17.2 Å². The Balaban J connectivity index is 2.12. The molecule has 0 aliphatic heterocycles. The van der Waals surface area contributed by atoms with Gasteiger partial charge < -0.3 is 9.84 Å². The second kappa shape index (κ2) is 6.77. The van der Waals surface area contributed by atoms with E-state index in [0.29, 0.717) is 16.3 Å². The third-order valence-corrected chi connectivity index (χ3v) is 2.98. The highest BCUT2D eigenvalue weighted by atomic mass is 35.5. The molecule has 7 nitrogen and oxygen atoms in total. The largest absolute Gasteiger partial charge is 0.504 e. The van der Waals surface area contributed by atoms with E-state index in [4.69, 9.17) is 16.3 Å². The van der Waals surface area contributed by atoms with Gasteiger partial charge in [-0.2, -0.15) is 5.10 Å². The smallest absolute Gasteiger partial charge is 0.269 e. The Morgan fingerprint density at radius 1 is 1.36 bits per heavy atom. The molecule has 8 heteroatoms. The first kappa shape index (κ1) is 15.6. The molecule has 0 bridgehead atoms. The third kappa shape index (κ3) is 3.64. The van der Waals surface area contributed by atoms with Crippen molar-refractivity contribution < 1.29 is 14.8 Å². The Kier molecular flexibility index (Phi) is 4.80. The molecule has 2 rings (SSSR count). The van der Waals surface area contributed by atoms with E-state index in [1.165, 1.54) is 49.7 Å².